The number of imidazole rings is 1. The van der Waals surface area contributed by atoms with Gasteiger partial charge in [0.25, 0.3) is 0 Å². The van der Waals surface area contributed by atoms with Crippen molar-refractivity contribution in [1.82, 2.24) is 24.8 Å². The number of aromatic amines is 1. The van der Waals surface area contributed by atoms with Crippen molar-refractivity contribution in [2.45, 2.75) is 32.7 Å². The van der Waals surface area contributed by atoms with Crippen LogP contribution in [0.1, 0.15) is 27.2 Å². The molecule has 0 bridgehead atoms. The van der Waals surface area contributed by atoms with Crippen molar-refractivity contribution in [2.75, 3.05) is 32.6 Å². The summed E-state index contributed by atoms with van der Waals surface area (Å²) in [6.45, 7) is 7.68. The molecule has 2 N–H and O–H groups in total. The van der Waals surface area contributed by atoms with Gasteiger partial charge >= 0.3 is 0 Å². The van der Waals surface area contributed by atoms with Gasteiger partial charge in [0.1, 0.15) is 12.1 Å². The number of fused-ring (bicyclic) bond motifs is 1. The third kappa shape index (κ3) is 3.60. The molecule has 0 atom stereocenters. The van der Waals surface area contributed by atoms with Crippen molar-refractivity contribution < 1.29 is 4.74 Å². The lowest BCUT2D eigenvalue weighted by Crippen LogP contribution is -2.43. The van der Waals surface area contributed by atoms with Gasteiger partial charge in [0, 0.05) is 12.1 Å². The van der Waals surface area contributed by atoms with Gasteiger partial charge in [0.2, 0.25) is 11.8 Å². The number of rotatable bonds is 7. The molecule has 0 saturated heterocycles. The van der Waals surface area contributed by atoms with Crippen LogP contribution in [-0.2, 0) is 0 Å². The number of anilines is 1. The summed E-state index contributed by atoms with van der Waals surface area (Å²) in [7, 11) is 4.06. The third-order valence-electron chi connectivity index (χ3n) is 3.56. The van der Waals surface area contributed by atoms with Crippen molar-refractivity contribution in [3.05, 3.63) is 6.33 Å². The van der Waals surface area contributed by atoms with E-state index in [4.69, 9.17) is 4.74 Å². The van der Waals surface area contributed by atoms with Crippen molar-refractivity contribution in [3.63, 3.8) is 0 Å². The largest absolute Gasteiger partial charge is 0.474 e. The maximum absolute atomic E-state index is 5.92. The molecule has 21 heavy (non-hydrogen) atoms. The van der Waals surface area contributed by atoms with E-state index in [0.29, 0.717) is 24.1 Å². The highest BCUT2D eigenvalue weighted by atomic mass is 16.5. The smallest absolute Gasteiger partial charge is 0.245 e. The zero-order chi connectivity index (χ0) is 15.5. The third-order valence-corrected chi connectivity index (χ3v) is 3.56. The number of ether oxygens (including phenoxy) is 1. The first-order chi connectivity index (χ1) is 9.94. The first-order valence-corrected chi connectivity index (χ1v) is 7.19. The summed E-state index contributed by atoms with van der Waals surface area (Å²) in [6.07, 6.45) is 2.61. The molecule has 0 spiro atoms. The molecule has 116 valence electrons. The van der Waals surface area contributed by atoms with Crippen LogP contribution in [0.5, 0.6) is 5.88 Å². The lowest BCUT2D eigenvalue weighted by atomic mass is 10.1. The van der Waals surface area contributed by atoms with Crippen LogP contribution >= 0.6 is 0 Å². The highest BCUT2D eigenvalue weighted by molar-refractivity contribution is 5.76. The molecule has 0 radical (unpaired) electrons. The van der Waals surface area contributed by atoms with Crippen molar-refractivity contribution in [3.8, 4) is 5.88 Å². The Morgan fingerprint density at radius 1 is 1.33 bits per heavy atom. The van der Waals surface area contributed by atoms with Gasteiger partial charge in [-0.15, -0.1) is 0 Å². The van der Waals surface area contributed by atoms with E-state index in [-0.39, 0.29) is 5.54 Å². The lowest BCUT2D eigenvalue weighted by Gasteiger charge is -2.31. The summed E-state index contributed by atoms with van der Waals surface area (Å²) in [5.74, 6) is 1.08. The SMILES string of the molecule is CCCNc1nc(OCC(C)(C)N(C)C)c2[nH]cnc2n1. The van der Waals surface area contributed by atoms with E-state index in [0.717, 1.165) is 18.5 Å². The van der Waals surface area contributed by atoms with Gasteiger partial charge in [-0.05, 0) is 34.4 Å². The number of hydrogen-bond donors (Lipinski definition) is 2. The fraction of sp³-hybridized carbons (Fsp3) is 0.643. The first-order valence-electron chi connectivity index (χ1n) is 7.19. The molecule has 0 aromatic carbocycles. The van der Waals surface area contributed by atoms with Crippen LogP contribution in [0.3, 0.4) is 0 Å². The predicted molar refractivity (Wildman–Crippen MR) is 83.7 cm³/mol. The van der Waals surface area contributed by atoms with Crippen LogP contribution in [-0.4, -0.2) is 57.6 Å². The van der Waals surface area contributed by atoms with Crippen LogP contribution in [0.15, 0.2) is 6.33 Å². The van der Waals surface area contributed by atoms with Crippen LogP contribution in [0.25, 0.3) is 11.2 Å². The molecule has 0 saturated carbocycles. The van der Waals surface area contributed by atoms with E-state index >= 15 is 0 Å². The van der Waals surface area contributed by atoms with E-state index in [2.05, 4.69) is 50.9 Å². The van der Waals surface area contributed by atoms with E-state index in [1.54, 1.807) is 6.33 Å². The molecule has 7 heteroatoms. The van der Waals surface area contributed by atoms with Gasteiger partial charge in [-0.25, -0.2) is 4.98 Å². The summed E-state index contributed by atoms with van der Waals surface area (Å²) >= 11 is 0. The number of nitrogens with zero attached hydrogens (tertiary/aromatic N) is 4. The molecule has 0 aliphatic carbocycles. The van der Waals surface area contributed by atoms with Gasteiger partial charge in [0.05, 0.1) is 6.33 Å². The molecule has 2 aromatic rings. The average Bonchev–Trinajstić information content (AvgIpc) is 2.90. The number of nitrogens with one attached hydrogen (secondary N) is 2. The first kappa shape index (κ1) is 15.5. The van der Waals surface area contributed by atoms with E-state index < -0.39 is 0 Å². The highest BCUT2D eigenvalue weighted by Crippen LogP contribution is 2.22. The Kier molecular flexibility index (Phi) is 4.62. The molecule has 2 aromatic heterocycles. The highest BCUT2D eigenvalue weighted by Gasteiger charge is 2.22. The number of likely N-dealkylation sites (N-methyl/N-ethyl adjacent to an activating group) is 1. The van der Waals surface area contributed by atoms with Crippen molar-refractivity contribution in [2.24, 2.45) is 0 Å². The number of aromatic nitrogens is 4. The second kappa shape index (κ2) is 6.26. The molecule has 0 fully saturated rings. The Hall–Kier alpha value is -1.89. The molecule has 0 unspecified atom stereocenters. The second-order valence-electron chi connectivity index (χ2n) is 5.88. The topological polar surface area (TPSA) is 79.0 Å². The number of hydrogen-bond acceptors (Lipinski definition) is 6. The molecule has 0 aliphatic rings. The summed E-state index contributed by atoms with van der Waals surface area (Å²) in [4.78, 5) is 18.1. The van der Waals surface area contributed by atoms with Gasteiger partial charge in [-0.3, -0.25) is 0 Å². The summed E-state index contributed by atoms with van der Waals surface area (Å²) in [5.41, 5.74) is 1.25. The van der Waals surface area contributed by atoms with Crippen LogP contribution in [0, 0.1) is 0 Å². The molecule has 0 aliphatic heterocycles. The maximum atomic E-state index is 5.92. The van der Waals surface area contributed by atoms with Gasteiger partial charge < -0.3 is 19.9 Å². The zero-order valence-corrected chi connectivity index (χ0v) is 13.4. The van der Waals surface area contributed by atoms with Crippen LogP contribution < -0.4 is 10.1 Å². The average molecular weight is 292 g/mol. The van der Waals surface area contributed by atoms with E-state index in [1.165, 1.54) is 0 Å². The standard InChI is InChI=1S/C14H24N6O/c1-6-7-15-13-18-11-10(16-9-17-11)12(19-13)21-8-14(2,3)20(4)5/h9H,6-8H2,1-5H3,(H2,15,16,17,18,19). The minimum atomic E-state index is -0.0890. The maximum Gasteiger partial charge on any atom is 0.245 e. The Balaban J connectivity index is 2.22. The summed E-state index contributed by atoms with van der Waals surface area (Å²) in [5, 5.41) is 3.17. The predicted octanol–water partition coefficient (Wildman–Crippen LogP) is 1.89. The van der Waals surface area contributed by atoms with E-state index in [1.807, 2.05) is 14.1 Å². The zero-order valence-electron chi connectivity index (χ0n) is 13.4. The van der Waals surface area contributed by atoms with Crippen LogP contribution in [0.2, 0.25) is 0 Å². The normalized spacial score (nSPS) is 12.1. The molecular weight excluding hydrogens is 268 g/mol. The quantitative estimate of drug-likeness (QED) is 0.811. The Labute approximate surface area is 125 Å². The number of H-pyrrole nitrogens is 1. The minimum Gasteiger partial charge on any atom is -0.474 e. The molecular formula is C14H24N6O. The van der Waals surface area contributed by atoms with Gasteiger partial charge in [-0.1, -0.05) is 6.92 Å². The Morgan fingerprint density at radius 3 is 2.76 bits per heavy atom. The summed E-state index contributed by atoms with van der Waals surface area (Å²) in [6, 6.07) is 0. The molecule has 7 nitrogen and oxygen atoms in total. The molecule has 0 amide bonds. The van der Waals surface area contributed by atoms with E-state index in [9.17, 15) is 0 Å². The fourth-order valence-corrected chi connectivity index (χ4v) is 1.60. The lowest BCUT2D eigenvalue weighted by molar-refractivity contribution is 0.112. The Bertz CT molecular complexity index is 592. The fourth-order valence-electron chi connectivity index (χ4n) is 1.60. The Morgan fingerprint density at radius 2 is 2.10 bits per heavy atom. The molecule has 2 heterocycles. The monoisotopic (exact) mass is 292 g/mol. The van der Waals surface area contributed by atoms with Crippen molar-refractivity contribution >= 4 is 17.1 Å². The van der Waals surface area contributed by atoms with Crippen LogP contribution in [0.4, 0.5) is 5.95 Å². The second-order valence-corrected chi connectivity index (χ2v) is 5.88. The molecule has 2 rings (SSSR count). The summed E-state index contributed by atoms with van der Waals surface area (Å²) < 4.78 is 5.92. The van der Waals surface area contributed by atoms with Crippen molar-refractivity contribution in [1.29, 1.82) is 0 Å². The minimum absolute atomic E-state index is 0.0890. The van der Waals surface area contributed by atoms with Gasteiger partial charge in [-0.2, -0.15) is 9.97 Å². The van der Waals surface area contributed by atoms with Gasteiger partial charge in [0.15, 0.2) is 5.65 Å².